The van der Waals surface area contributed by atoms with Crippen molar-refractivity contribution in [2.75, 3.05) is 0 Å². The summed E-state index contributed by atoms with van der Waals surface area (Å²) in [6, 6.07) is 16.7. The normalized spacial score (nSPS) is 11.6. The third kappa shape index (κ3) is 4.24. The highest BCUT2D eigenvalue weighted by atomic mass is 16.6. The number of hydrogen-bond acceptors (Lipinski definition) is 6. The van der Waals surface area contributed by atoms with Crippen LogP contribution in [-0.2, 0) is 16.0 Å². The van der Waals surface area contributed by atoms with E-state index in [2.05, 4.69) is 15.6 Å². The molecule has 0 aliphatic rings. The number of primary amides is 1. The molecule has 1 atom stereocenters. The molecule has 1 aromatic heterocycles. The minimum atomic E-state index is -1.13. The SMILES string of the molecule is NC(=O)C(=O)C(Cc1ccccc1)NC(=O)c1nonc1-c1ccccc1. The Kier molecular flexibility index (Phi) is 5.36. The summed E-state index contributed by atoms with van der Waals surface area (Å²) in [5, 5.41) is 9.89. The Morgan fingerprint density at radius 2 is 1.59 bits per heavy atom. The summed E-state index contributed by atoms with van der Waals surface area (Å²) >= 11 is 0. The Morgan fingerprint density at radius 3 is 2.22 bits per heavy atom. The smallest absolute Gasteiger partial charge is 0.287 e. The highest BCUT2D eigenvalue weighted by Crippen LogP contribution is 2.20. The van der Waals surface area contributed by atoms with Gasteiger partial charge in [0.25, 0.3) is 11.8 Å². The number of hydrogen-bond donors (Lipinski definition) is 2. The second-order valence-electron chi connectivity index (χ2n) is 5.77. The maximum Gasteiger partial charge on any atom is 0.287 e. The maximum absolute atomic E-state index is 12.6. The van der Waals surface area contributed by atoms with E-state index in [1.807, 2.05) is 12.1 Å². The minimum Gasteiger partial charge on any atom is -0.363 e. The van der Waals surface area contributed by atoms with Crippen LogP contribution in [0.15, 0.2) is 65.3 Å². The lowest BCUT2D eigenvalue weighted by Crippen LogP contribution is -2.47. The van der Waals surface area contributed by atoms with Gasteiger partial charge in [0.2, 0.25) is 5.78 Å². The summed E-state index contributed by atoms with van der Waals surface area (Å²) in [4.78, 5) is 36.2. The average molecular weight is 364 g/mol. The van der Waals surface area contributed by atoms with Crippen molar-refractivity contribution < 1.29 is 19.0 Å². The van der Waals surface area contributed by atoms with Crippen molar-refractivity contribution in [3.8, 4) is 11.3 Å². The van der Waals surface area contributed by atoms with Crippen LogP contribution in [0, 0.1) is 0 Å². The molecule has 27 heavy (non-hydrogen) atoms. The Morgan fingerprint density at radius 1 is 0.963 bits per heavy atom. The van der Waals surface area contributed by atoms with Crippen LogP contribution in [0.2, 0.25) is 0 Å². The fourth-order valence-electron chi connectivity index (χ4n) is 2.58. The van der Waals surface area contributed by atoms with E-state index in [1.165, 1.54) is 0 Å². The minimum absolute atomic E-state index is 0.0865. The van der Waals surface area contributed by atoms with Gasteiger partial charge in [0, 0.05) is 12.0 Å². The topological polar surface area (TPSA) is 128 Å². The molecule has 2 aromatic carbocycles. The van der Waals surface area contributed by atoms with Crippen LogP contribution < -0.4 is 11.1 Å². The molecule has 0 saturated heterocycles. The van der Waals surface area contributed by atoms with E-state index < -0.39 is 23.6 Å². The van der Waals surface area contributed by atoms with Crippen molar-refractivity contribution in [1.29, 1.82) is 0 Å². The molecule has 3 N–H and O–H groups in total. The maximum atomic E-state index is 12.6. The summed E-state index contributed by atoms with van der Waals surface area (Å²) in [6.45, 7) is 0. The van der Waals surface area contributed by atoms with Gasteiger partial charge in [-0.05, 0) is 15.9 Å². The second-order valence-corrected chi connectivity index (χ2v) is 5.77. The fourth-order valence-corrected chi connectivity index (χ4v) is 2.58. The molecule has 0 aliphatic heterocycles. The molecule has 1 heterocycles. The summed E-state index contributed by atoms with van der Waals surface area (Å²) in [5.41, 5.74) is 6.66. The first kappa shape index (κ1) is 18.0. The van der Waals surface area contributed by atoms with Gasteiger partial charge in [0.1, 0.15) is 11.7 Å². The first-order valence-electron chi connectivity index (χ1n) is 8.12. The zero-order valence-corrected chi connectivity index (χ0v) is 14.2. The number of rotatable bonds is 7. The molecule has 0 fully saturated rings. The number of carbonyl (C=O) groups excluding carboxylic acids is 3. The molecular weight excluding hydrogens is 348 g/mol. The van der Waals surface area contributed by atoms with Crippen molar-refractivity contribution in [1.82, 2.24) is 15.6 Å². The molecule has 3 rings (SSSR count). The standard InChI is InChI=1S/C19H16N4O4/c20-18(25)17(24)14(11-12-7-3-1-4-8-12)21-19(26)16-15(22-27-23-16)13-9-5-2-6-10-13/h1-10,14H,11H2,(H2,20,25)(H,21,26). The van der Waals surface area contributed by atoms with Gasteiger partial charge in [-0.25, -0.2) is 4.63 Å². The van der Waals surface area contributed by atoms with Crippen LogP contribution in [0.25, 0.3) is 11.3 Å². The Labute approximate surface area is 154 Å². The Hall–Kier alpha value is -3.81. The van der Waals surface area contributed by atoms with Crippen LogP contribution >= 0.6 is 0 Å². The molecule has 0 bridgehead atoms. The van der Waals surface area contributed by atoms with Gasteiger partial charge in [0.05, 0.1) is 0 Å². The highest BCUT2D eigenvalue weighted by Gasteiger charge is 2.28. The molecular formula is C19H16N4O4. The molecule has 1 unspecified atom stereocenters. The van der Waals surface area contributed by atoms with Crippen molar-refractivity contribution in [2.45, 2.75) is 12.5 Å². The monoisotopic (exact) mass is 364 g/mol. The van der Waals surface area contributed by atoms with E-state index in [-0.39, 0.29) is 17.8 Å². The summed E-state index contributed by atoms with van der Waals surface area (Å²) < 4.78 is 4.69. The fraction of sp³-hybridized carbons (Fsp3) is 0.105. The first-order valence-corrected chi connectivity index (χ1v) is 8.12. The molecule has 8 heteroatoms. The number of carbonyl (C=O) groups is 3. The van der Waals surface area contributed by atoms with Crippen LogP contribution in [0.1, 0.15) is 16.1 Å². The quantitative estimate of drug-likeness (QED) is 0.605. The number of amides is 2. The number of nitrogens with two attached hydrogens (primary N) is 1. The number of nitrogens with zero attached hydrogens (tertiary/aromatic N) is 2. The van der Waals surface area contributed by atoms with Crippen LogP contribution in [0.4, 0.5) is 0 Å². The van der Waals surface area contributed by atoms with E-state index in [4.69, 9.17) is 10.4 Å². The predicted octanol–water partition coefficient (Wildman–Crippen LogP) is 1.13. The van der Waals surface area contributed by atoms with Gasteiger partial charge < -0.3 is 11.1 Å². The Bertz CT molecular complexity index is 954. The summed E-state index contributed by atoms with van der Waals surface area (Å²) in [5.74, 6) is -2.71. The molecule has 3 aromatic rings. The molecule has 0 saturated carbocycles. The van der Waals surface area contributed by atoms with Gasteiger partial charge in [0.15, 0.2) is 5.69 Å². The number of nitrogens with one attached hydrogen (secondary N) is 1. The second kappa shape index (κ2) is 8.05. The molecule has 0 radical (unpaired) electrons. The lowest BCUT2D eigenvalue weighted by molar-refractivity contribution is -0.137. The van der Waals surface area contributed by atoms with E-state index in [0.29, 0.717) is 5.56 Å². The third-order valence-electron chi connectivity index (χ3n) is 3.90. The van der Waals surface area contributed by atoms with E-state index in [9.17, 15) is 14.4 Å². The number of aromatic nitrogens is 2. The van der Waals surface area contributed by atoms with Gasteiger partial charge in [-0.15, -0.1) is 0 Å². The van der Waals surface area contributed by atoms with E-state index >= 15 is 0 Å². The average Bonchev–Trinajstić information content (AvgIpc) is 3.18. The first-order chi connectivity index (χ1) is 13.1. The molecule has 2 amide bonds. The molecule has 136 valence electrons. The van der Waals surface area contributed by atoms with Crippen LogP contribution in [0.5, 0.6) is 0 Å². The zero-order valence-electron chi connectivity index (χ0n) is 14.2. The van der Waals surface area contributed by atoms with Crippen LogP contribution in [0.3, 0.4) is 0 Å². The highest BCUT2D eigenvalue weighted by molar-refractivity contribution is 6.38. The van der Waals surface area contributed by atoms with Crippen molar-refractivity contribution in [3.05, 3.63) is 71.9 Å². The van der Waals surface area contributed by atoms with Gasteiger partial charge in [-0.3, -0.25) is 14.4 Å². The zero-order chi connectivity index (χ0) is 19.2. The van der Waals surface area contributed by atoms with E-state index in [0.717, 1.165) is 5.56 Å². The van der Waals surface area contributed by atoms with Gasteiger partial charge >= 0.3 is 0 Å². The lowest BCUT2D eigenvalue weighted by Gasteiger charge is -2.15. The van der Waals surface area contributed by atoms with Gasteiger partial charge in [-0.2, -0.15) is 0 Å². The lowest BCUT2D eigenvalue weighted by atomic mass is 10.0. The molecule has 0 aliphatic carbocycles. The Balaban J connectivity index is 1.84. The number of benzene rings is 2. The van der Waals surface area contributed by atoms with Crippen molar-refractivity contribution in [2.24, 2.45) is 5.73 Å². The van der Waals surface area contributed by atoms with E-state index in [1.54, 1.807) is 48.5 Å². The molecule has 8 nitrogen and oxygen atoms in total. The predicted molar refractivity (Wildman–Crippen MR) is 95.3 cm³/mol. The van der Waals surface area contributed by atoms with Crippen molar-refractivity contribution >= 4 is 17.6 Å². The largest absolute Gasteiger partial charge is 0.363 e. The third-order valence-corrected chi connectivity index (χ3v) is 3.90. The molecule has 0 spiro atoms. The summed E-state index contributed by atoms with van der Waals surface area (Å²) in [6.07, 6.45) is 0.111. The van der Waals surface area contributed by atoms with Gasteiger partial charge in [-0.1, -0.05) is 60.7 Å². The number of Topliss-reactive ketones (excluding diaryl/α,β-unsaturated/α-hetero) is 1. The van der Waals surface area contributed by atoms with Crippen molar-refractivity contribution in [3.63, 3.8) is 0 Å². The number of ketones is 1. The summed E-state index contributed by atoms with van der Waals surface area (Å²) in [7, 11) is 0. The van der Waals surface area contributed by atoms with Crippen LogP contribution in [-0.4, -0.2) is 34.0 Å².